The second-order valence-electron chi connectivity index (χ2n) is 5.06. The molecule has 88 valence electrons. The molecule has 0 unspecified atom stereocenters. The number of ether oxygens (including phenoxy) is 1. The van der Waals surface area contributed by atoms with E-state index >= 15 is 0 Å². The molecule has 0 fully saturated rings. The molecule has 0 aromatic carbocycles. The van der Waals surface area contributed by atoms with Crippen LogP contribution in [0.25, 0.3) is 0 Å². The zero-order chi connectivity index (χ0) is 11.9. The van der Waals surface area contributed by atoms with Crippen LogP contribution in [0.4, 0.5) is 0 Å². The summed E-state index contributed by atoms with van der Waals surface area (Å²) in [5.74, 6) is 0. The zero-order valence-electron chi connectivity index (χ0n) is 10.8. The Morgan fingerprint density at radius 2 is 1.73 bits per heavy atom. The molecule has 0 saturated carbocycles. The number of allylic oxidation sites excluding steroid dienone is 2. The highest BCUT2D eigenvalue weighted by Crippen LogP contribution is 2.36. The molecule has 0 rings (SSSR count). The van der Waals surface area contributed by atoms with Crippen molar-refractivity contribution in [3.05, 3.63) is 24.5 Å². The highest BCUT2D eigenvalue weighted by Gasteiger charge is 2.36. The first kappa shape index (κ1) is 14.5. The largest absolute Gasteiger partial charge is 0.504 e. The molecule has 0 spiro atoms. The maximum absolute atomic E-state index is 5.95. The van der Waals surface area contributed by atoms with Crippen LogP contribution in [0.1, 0.15) is 20.8 Å². The van der Waals surface area contributed by atoms with Crippen LogP contribution in [-0.2, 0) is 9.16 Å². The van der Waals surface area contributed by atoms with Crippen molar-refractivity contribution in [1.82, 2.24) is 0 Å². The Hall–Kier alpha value is -0.543. The molecule has 0 amide bonds. The number of hydrogen-bond acceptors (Lipinski definition) is 2. The topological polar surface area (TPSA) is 18.5 Å². The molecule has 15 heavy (non-hydrogen) atoms. The molecule has 0 aliphatic heterocycles. The summed E-state index contributed by atoms with van der Waals surface area (Å²) in [4.78, 5) is 0. The second kappa shape index (κ2) is 6.13. The van der Waals surface area contributed by atoms with Crippen molar-refractivity contribution in [1.29, 1.82) is 0 Å². The fourth-order valence-corrected chi connectivity index (χ4v) is 1.68. The summed E-state index contributed by atoms with van der Waals surface area (Å²) in [6.45, 7) is 11.9. The molecule has 2 nitrogen and oxygen atoms in total. The van der Waals surface area contributed by atoms with Gasteiger partial charge in [0, 0.05) is 0 Å². The van der Waals surface area contributed by atoms with Crippen LogP contribution >= 0.6 is 0 Å². The number of hydrogen-bond donors (Lipinski definition) is 0. The Morgan fingerprint density at radius 1 is 1.13 bits per heavy atom. The molecule has 0 aliphatic rings. The molecule has 0 bridgehead atoms. The molecule has 0 aromatic heterocycles. The highest BCUT2D eigenvalue weighted by molar-refractivity contribution is 6.74. The first-order chi connectivity index (χ1) is 6.81. The van der Waals surface area contributed by atoms with Crippen molar-refractivity contribution in [2.75, 3.05) is 13.7 Å². The Bertz CT molecular complexity index is 224. The van der Waals surface area contributed by atoms with E-state index < -0.39 is 8.32 Å². The summed E-state index contributed by atoms with van der Waals surface area (Å²) >= 11 is 0. The Kier molecular flexibility index (Phi) is 5.91. The Balaban J connectivity index is 3.96. The number of methoxy groups -OCH3 is 1. The SMILES string of the molecule is CO/C=C/C=C/CO[Si](C)(C)C(C)(C)C. The van der Waals surface area contributed by atoms with Crippen LogP contribution < -0.4 is 0 Å². The van der Waals surface area contributed by atoms with Gasteiger partial charge >= 0.3 is 0 Å². The summed E-state index contributed by atoms with van der Waals surface area (Å²) in [6, 6.07) is 0. The van der Waals surface area contributed by atoms with Crippen molar-refractivity contribution in [2.24, 2.45) is 0 Å². The zero-order valence-corrected chi connectivity index (χ0v) is 11.8. The van der Waals surface area contributed by atoms with E-state index in [0.717, 1.165) is 0 Å². The van der Waals surface area contributed by atoms with E-state index in [1.54, 1.807) is 13.4 Å². The number of rotatable bonds is 5. The molecular weight excluding hydrogens is 204 g/mol. The van der Waals surface area contributed by atoms with Gasteiger partial charge in [0.2, 0.25) is 0 Å². The average Bonchev–Trinajstić information content (AvgIpc) is 2.09. The van der Waals surface area contributed by atoms with Gasteiger partial charge in [0.25, 0.3) is 0 Å². The van der Waals surface area contributed by atoms with E-state index in [1.165, 1.54) is 0 Å². The third-order valence-electron chi connectivity index (χ3n) is 2.81. The van der Waals surface area contributed by atoms with Crippen LogP contribution in [-0.4, -0.2) is 22.0 Å². The maximum atomic E-state index is 5.95. The minimum atomic E-state index is -1.58. The lowest BCUT2D eigenvalue weighted by molar-refractivity contribution is 0.327. The smallest absolute Gasteiger partial charge is 0.192 e. The third-order valence-corrected chi connectivity index (χ3v) is 7.31. The van der Waals surface area contributed by atoms with Crippen LogP contribution in [0.2, 0.25) is 18.1 Å². The normalized spacial score (nSPS) is 14.0. The van der Waals surface area contributed by atoms with Gasteiger partial charge in [-0.1, -0.05) is 32.9 Å². The van der Waals surface area contributed by atoms with Crippen LogP contribution in [0.5, 0.6) is 0 Å². The summed E-state index contributed by atoms with van der Waals surface area (Å²) in [5, 5.41) is 0.281. The second-order valence-corrected chi connectivity index (χ2v) is 9.87. The quantitative estimate of drug-likeness (QED) is 0.405. The van der Waals surface area contributed by atoms with Crippen molar-refractivity contribution >= 4 is 8.32 Å². The van der Waals surface area contributed by atoms with Gasteiger partial charge in [-0.2, -0.15) is 0 Å². The van der Waals surface area contributed by atoms with Gasteiger partial charge in [-0.3, -0.25) is 0 Å². The monoisotopic (exact) mass is 228 g/mol. The van der Waals surface area contributed by atoms with Crippen molar-refractivity contribution in [3.8, 4) is 0 Å². The van der Waals surface area contributed by atoms with E-state index in [0.29, 0.717) is 6.61 Å². The predicted molar refractivity (Wildman–Crippen MR) is 68.4 cm³/mol. The Labute approximate surface area is 95.1 Å². The van der Waals surface area contributed by atoms with E-state index in [2.05, 4.69) is 33.9 Å². The fourth-order valence-electron chi connectivity index (χ4n) is 0.731. The van der Waals surface area contributed by atoms with E-state index in [-0.39, 0.29) is 5.04 Å². The van der Waals surface area contributed by atoms with Gasteiger partial charge in [-0.05, 0) is 24.2 Å². The van der Waals surface area contributed by atoms with Gasteiger partial charge in [-0.15, -0.1) is 0 Å². The van der Waals surface area contributed by atoms with Gasteiger partial charge in [0.1, 0.15) is 0 Å². The minimum Gasteiger partial charge on any atom is -0.504 e. The summed E-state index contributed by atoms with van der Waals surface area (Å²) in [5.41, 5.74) is 0. The molecule has 0 aliphatic carbocycles. The third kappa shape index (κ3) is 5.80. The van der Waals surface area contributed by atoms with E-state index in [4.69, 9.17) is 9.16 Å². The lowest BCUT2D eigenvalue weighted by Gasteiger charge is -2.35. The fraction of sp³-hybridized carbons (Fsp3) is 0.667. The first-order valence-corrected chi connectivity index (χ1v) is 8.20. The lowest BCUT2D eigenvalue weighted by Crippen LogP contribution is -2.40. The molecule has 0 aromatic rings. The van der Waals surface area contributed by atoms with E-state index in [1.807, 2.05) is 18.2 Å². The predicted octanol–water partition coefficient (Wildman–Crippen LogP) is 3.72. The summed E-state index contributed by atoms with van der Waals surface area (Å²) in [7, 11) is 0.0554. The molecule has 0 N–H and O–H groups in total. The van der Waals surface area contributed by atoms with Gasteiger partial charge in [-0.25, -0.2) is 0 Å². The highest BCUT2D eigenvalue weighted by atomic mass is 28.4. The van der Waals surface area contributed by atoms with Crippen molar-refractivity contribution < 1.29 is 9.16 Å². The van der Waals surface area contributed by atoms with E-state index in [9.17, 15) is 0 Å². The molecule has 0 radical (unpaired) electrons. The Morgan fingerprint density at radius 3 is 2.20 bits per heavy atom. The van der Waals surface area contributed by atoms with Crippen LogP contribution in [0, 0.1) is 0 Å². The molecule has 3 heteroatoms. The summed E-state index contributed by atoms with van der Waals surface area (Å²) < 4.78 is 10.7. The van der Waals surface area contributed by atoms with Gasteiger partial charge in [0.15, 0.2) is 8.32 Å². The average molecular weight is 228 g/mol. The molecule has 0 heterocycles. The summed E-state index contributed by atoms with van der Waals surface area (Å²) in [6.07, 6.45) is 7.45. The lowest BCUT2D eigenvalue weighted by atomic mass is 10.2. The first-order valence-electron chi connectivity index (χ1n) is 5.29. The van der Waals surface area contributed by atoms with Crippen molar-refractivity contribution in [2.45, 2.75) is 38.9 Å². The van der Waals surface area contributed by atoms with Gasteiger partial charge < -0.3 is 9.16 Å². The minimum absolute atomic E-state index is 0.281. The molecule has 0 saturated heterocycles. The van der Waals surface area contributed by atoms with Crippen LogP contribution in [0.15, 0.2) is 24.5 Å². The van der Waals surface area contributed by atoms with Gasteiger partial charge in [0.05, 0.1) is 20.0 Å². The standard InChI is InChI=1S/C12H24O2Si/c1-12(2,3)15(5,6)14-11-9-7-8-10-13-4/h7-10H,11H2,1-6H3/b9-7+,10-8+. The maximum Gasteiger partial charge on any atom is 0.192 e. The molecule has 0 atom stereocenters. The van der Waals surface area contributed by atoms with Crippen LogP contribution in [0.3, 0.4) is 0 Å². The van der Waals surface area contributed by atoms with Crippen molar-refractivity contribution in [3.63, 3.8) is 0 Å². The molecular formula is C12H24O2Si.